The second-order valence-electron chi connectivity index (χ2n) is 5.44. The first-order valence-electron chi connectivity index (χ1n) is 7.49. The van der Waals surface area contributed by atoms with Crippen LogP contribution in [-0.4, -0.2) is 65.0 Å². The molecule has 0 unspecified atom stereocenters. The predicted octanol–water partition coefficient (Wildman–Crippen LogP) is -0.825. The van der Waals surface area contributed by atoms with Crippen molar-refractivity contribution in [1.29, 1.82) is 0 Å². The highest BCUT2D eigenvalue weighted by molar-refractivity contribution is 5.77. The van der Waals surface area contributed by atoms with Gasteiger partial charge in [-0.2, -0.15) is 5.10 Å². The molecule has 0 radical (unpaired) electrons. The Bertz CT molecular complexity index is 440. The largest absolute Gasteiger partial charge is 0.394 e. The van der Waals surface area contributed by atoms with Crippen LogP contribution in [0.4, 0.5) is 0 Å². The van der Waals surface area contributed by atoms with E-state index >= 15 is 0 Å². The Morgan fingerprint density at radius 1 is 1.48 bits per heavy atom. The molecular weight excluding hydrogens is 270 g/mol. The first-order chi connectivity index (χ1) is 10.2. The van der Waals surface area contributed by atoms with E-state index in [2.05, 4.69) is 20.6 Å². The molecule has 118 valence electrons. The first-order valence-corrected chi connectivity index (χ1v) is 7.49. The summed E-state index contributed by atoms with van der Waals surface area (Å²) < 4.78 is 1.75. The molecule has 2 rings (SSSR count). The molecule has 0 bridgehead atoms. The molecule has 1 amide bonds. The normalized spacial score (nSPS) is 17.0. The molecule has 1 aromatic rings. The summed E-state index contributed by atoms with van der Waals surface area (Å²) in [4.78, 5) is 13.5. The second kappa shape index (κ2) is 8.11. The van der Waals surface area contributed by atoms with Crippen LogP contribution in [0, 0.1) is 0 Å². The molecule has 7 nitrogen and oxygen atoms in total. The summed E-state index contributed by atoms with van der Waals surface area (Å²) in [5, 5.41) is 19.2. The number of carbonyl (C=O) groups excluding carboxylic acids is 1. The summed E-state index contributed by atoms with van der Waals surface area (Å²) in [5.41, 5.74) is 1.14. The summed E-state index contributed by atoms with van der Waals surface area (Å²) in [6.45, 7) is 3.85. The number of piperidine rings is 1. The fraction of sp³-hybridized carbons (Fsp3) is 0.714. The van der Waals surface area contributed by atoms with Crippen molar-refractivity contribution in [3.8, 4) is 0 Å². The van der Waals surface area contributed by atoms with Crippen LogP contribution in [0.15, 0.2) is 12.4 Å². The van der Waals surface area contributed by atoms with Gasteiger partial charge in [-0.1, -0.05) is 0 Å². The summed E-state index contributed by atoms with van der Waals surface area (Å²) in [6, 6.07) is 0.493. The molecule has 1 aliphatic heterocycles. The van der Waals surface area contributed by atoms with E-state index in [1.165, 1.54) is 0 Å². The van der Waals surface area contributed by atoms with E-state index in [-0.39, 0.29) is 12.5 Å². The lowest BCUT2D eigenvalue weighted by atomic mass is 10.0. The lowest BCUT2D eigenvalue weighted by molar-refractivity contribution is -0.122. The quantitative estimate of drug-likeness (QED) is 0.612. The first kappa shape index (κ1) is 15.9. The summed E-state index contributed by atoms with van der Waals surface area (Å²) in [5.74, 6) is 0.0812. The maximum atomic E-state index is 11.3. The zero-order valence-corrected chi connectivity index (χ0v) is 12.6. The Balaban J connectivity index is 1.67. The fourth-order valence-electron chi connectivity index (χ4n) is 2.56. The number of carbonyl (C=O) groups is 1. The van der Waals surface area contributed by atoms with Crippen LogP contribution in [0.25, 0.3) is 0 Å². The van der Waals surface area contributed by atoms with Crippen molar-refractivity contribution in [2.24, 2.45) is 0 Å². The lowest BCUT2D eigenvalue weighted by Crippen LogP contribution is -2.45. The molecule has 1 aliphatic rings. The number of rotatable bonds is 7. The summed E-state index contributed by atoms with van der Waals surface area (Å²) in [7, 11) is 1.67. The van der Waals surface area contributed by atoms with E-state index in [4.69, 9.17) is 5.11 Å². The Hall–Kier alpha value is -1.44. The van der Waals surface area contributed by atoms with Gasteiger partial charge in [-0.15, -0.1) is 0 Å². The number of nitrogens with one attached hydrogen (secondary N) is 2. The van der Waals surface area contributed by atoms with Gasteiger partial charge in [0.25, 0.3) is 0 Å². The minimum absolute atomic E-state index is 0.0812. The molecule has 1 fully saturated rings. The SMILES string of the molecule is CNC(=O)CN1CCC(NCc2cnn(CCO)c2)CC1. The van der Waals surface area contributed by atoms with Crippen LogP contribution >= 0.6 is 0 Å². The molecule has 2 heterocycles. The van der Waals surface area contributed by atoms with Crippen molar-refractivity contribution < 1.29 is 9.90 Å². The van der Waals surface area contributed by atoms with Crippen LogP contribution in [-0.2, 0) is 17.9 Å². The van der Waals surface area contributed by atoms with E-state index in [0.717, 1.165) is 38.0 Å². The summed E-state index contributed by atoms with van der Waals surface area (Å²) >= 11 is 0. The van der Waals surface area contributed by atoms with Gasteiger partial charge in [0, 0.05) is 44.5 Å². The van der Waals surface area contributed by atoms with E-state index in [9.17, 15) is 4.79 Å². The maximum absolute atomic E-state index is 11.3. The van der Waals surface area contributed by atoms with Gasteiger partial charge in [0.1, 0.15) is 0 Å². The minimum Gasteiger partial charge on any atom is -0.394 e. The highest BCUT2D eigenvalue weighted by atomic mass is 16.3. The minimum atomic E-state index is 0.0812. The third kappa shape index (κ3) is 5.11. The molecule has 3 N–H and O–H groups in total. The smallest absolute Gasteiger partial charge is 0.233 e. The third-order valence-electron chi connectivity index (χ3n) is 3.84. The average Bonchev–Trinajstić information content (AvgIpc) is 2.94. The number of likely N-dealkylation sites (tertiary alicyclic amines) is 1. The number of likely N-dealkylation sites (N-methyl/N-ethyl adjacent to an activating group) is 1. The highest BCUT2D eigenvalue weighted by Gasteiger charge is 2.20. The predicted molar refractivity (Wildman–Crippen MR) is 79.7 cm³/mol. The van der Waals surface area contributed by atoms with Gasteiger partial charge in [-0.3, -0.25) is 14.4 Å². The number of nitrogens with zero attached hydrogens (tertiary/aromatic N) is 3. The lowest BCUT2D eigenvalue weighted by Gasteiger charge is -2.31. The van der Waals surface area contributed by atoms with Crippen LogP contribution in [0.2, 0.25) is 0 Å². The Kier molecular flexibility index (Phi) is 6.16. The van der Waals surface area contributed by atoms with Crippen molar-refractivity contribution in [1.82, 2.24) is 25.3 Å². The van der Waals surface area contributed by atoms with Crippen molar-refractivity contribution in [3.05, 3.63) is 18.0 Å². The molecule has 0 atom stereocenters. The molecule has 21 heavy (non-hydrogen) atoms. The highest BCUT2D eigenvalue weighted by Crippen LogP contribution is 2.10. The maximum Gasteiger partial charge on any atom is 0.233 e. The zero-order valence-electron chi connectivity index (χ0n) is 12.6. The van der Waals surface area contributed by atoms with Gasteiger partial charge in [-0.05, 0) is 12.8 Å². The van der Waals surface area contributed by atoms with E-state index < -0.39 is 0 Å². The van der Waals surface area contributed by atoms with Crippen molar-refractivity contribution in [2.75, 3.05) is 33.3 Å². The fourth-order valence-corrected chi connectivity index (χ4v) is 2.56. The molecule has 1 saturated heterocycles. The zero-order chi connectivity index (χ0) is 15.1. The number of aliphatic hydroxyl groups is 1. The molecule has 0 spiro atoms. The van der Waals surface area contributed by atoms with Gasteiger partial charge < -0.3 is 15.7 Å². The molecule has 0 saturated carbocycles. The van der Waals surface area contributed by atoms with Gasteiger partial charge in [0.05, 0.1) is 25.9 Å². The van der Waals surface area contributed by atoms with Gasteiger partial charge in [0.15, 0.2) is 0 Å². The standard InChI is InChI=1S/C14H25N5O2/c1-15-14(21)11-18-4-2-13(3-5-18)16-8-12-9-17-19(10-12)6-7-20/h9-10,13,16,20H,2-8,11H2,1H3,(H,15,21). The molecular formula is C14H25N5O2. The van der Waals surface area contributed by atoms with Crippen molar-refractivity contribution in [2.45, 2.75) is 32.0 Å². The van der Waals surface area contributed by atoms with Gasteiger partial charge >= 0.3 is 0 Å². The van der Waals surface area contributed by atoms with E-state index in [1.807, 2.05) is 12.4 Å². The molecule has 0 aliphatic carbocycles. The molecule has 0 aromatic carbocycles. The van der Waals surface area contributed by atoms with E-state index in [0.29, 0.717) is 19.1 Å². The average molecular weight is 295 g/mol. The van der Waals surface area contributed by atoms with Crippen LogP contribution in [0.3, 0.4) is 0 Å². The number of hydrogen-bond acceptors (Lipinski definition) is 5. The number of hydrogen-bond donors (Lipinski definition) is 3. The monoisotopic (exact) mass is 295 g/mol. The summed E-state index contributed by atoms with van der Waals surface area (Å²) in [6.07, 6.45) is 5.91. The Labute approximate surface area is 125 Å². The number of aromatic nitrogens is 2. The van der Waals surface area contributed by atoms with Crippen LogP contribution in [0.1, 0.15) is 18.4 Å². The molecule has 1 aromatic heterocycles. The molecule has 7 heteroatoms. The van der Waals surface area contributed by atoms with Crippen molar-refractivity contribution >= 4 is 5.91 Å². The second-order valence-corrected chi connectivity index (χ2v) is 5.44. The third-order valence-corrected chi connectivity index (χ3v) is 3.84. The van der Waals surface area contributed by atoms with Crippen LogP contribution in [0.5, 0.6) is 0 Å². The Morgan fingerprint density at radius 3 is 2.90 bits per heavy atom. The van der Waals surface area contributed by atoms with E-state index in [1.54, 1.807) is 11.7 Å². The Morgan fingerprint density at radius 2 is 2.24 bits per heavy atom. The van der Waals surface area contributed by atoms with Gasteiger partial charge in [-0.25, -0.2) is 0 Å². The number of aliphatic hydroxyl groups excluding tert-OH is 1. The number of amides is 1. The topological polar surface area (TPSA) is 82.4 Å². The van der Waals surface area contributed by atoms with Crippen LogP contribution < -0.4 is 10.6 Å². The van der Waals surface area contributed by atoms with Gasteiger partial charge in [0.2, 0.25) is 5.91 Å². The van der Waals surface area contributed by atoms with Crippen molar-refractivity contribution in [3.63, 3.8) is 0 Å².